The molecule has 0 N–H and O–H groups in total. The van der Waals surface area contributed by atoms with Gasteiger partial charge < -0.3 is 4.57 Å². The van der Waals surface area contributed by atoms with Gasteiger partial charge in [0.15, 0.2) is 4.77 Å². The Morgan fingerprint density at radius 3 is 2.74 bits per heavy atom. The van der Waals surface area contributed by atoms with Gasteiger partial charge in [-0.15, -0.1) is 0 Å². The van der Waals surface area contributed by atoms with Crippen molar-refractivity contribution in [2.45, 2.75) is 52.7 Å². The first-order chi connectivity index (χ1) is 8.78. The lowest BCUT2D eigenvalue weighted by Crippen LogP contribution is -2.35. The average molecular weight is 280 g/mol. The molecule has 2 heterocycles. The first-order valence-electron chi connectivity index (χ1n) is 7.11. The molecule has 0 amide bonds. The minimum atomic E-state index is 0.470. The first-order valence-corrected chi connectivity index (χ1v) is 7.51. The first kappa shape index (κ1) is 13.3. The highest BCUT2D eigenvalue weighted by molar-refractivity contribution is 7.71. The normalized spacial score (nSPS) is 33.8. The molecule has 1 aromatic rings. The van der Waals surface area contributed by atoms with Crippen LogP contribution in [-0.4, -0.2) is 31.8 Å². The second-order valence-corrected chi connectivity index (χ2v) is 7.99. The molecule has 1 aliphatic carbocycles. The van der Waals surface area contributed by atoms with Crippen molar-refractivity contribution in [1.29, 1.82) is 0 Å². The molecule has 1 aliphatic heterocycles. The molecule has 106 valence electrons. The number of nitrogens with zero attached hydrogens (tertiary/aromatic N) is 4. The predicted octanol–water partition coefficient (Wildman–Crippen LogP) is 2.81. The summed E-state index contributed by atoms with van der Waals surface area (Å²) < 4.78 is 4.67. The van der Waals surface area contributed by atoms with Gasteiger partial charge in [-0.2, -0.15) is 5.10 Å². The lowest BCUT2D eigenvalue weighted by Gasteiger charge is -2.39. The fourth-order valence-corrected chi connectivity index (χ4v) is 4.58. The van der Waals surface area contributed by atoms with Gasteiger partial charge >= 0.3 is 0 Å². The number of fused-ring (bicyclic) bond motifs is 2. The van der Waals surface area contributed by atoms with Crippen LogP contribution in [0.3, 0.4) is 0 Å². The lowest BCUT2D eigenvalue weighted by molar-refractivity contribution is 0.119. The standard InChI is InChI=1S/C14H24N4S/c1-13(2)5-11-6-14(3,7-13)8-17(11)10-18-12(19)16(4)9-15-18/h9,11H,5-8,10H2,1-4H3/t11-,14-/m0/s1. The van der Waals surface area contributed by atoms with Crippen LogP contribution in [0.25, 0.3) is 0 Å². The zero-order valence-electron chi connectivity index (χ0n) is 12.4. The fourth-order valence-electron chi connectivity index (χ4n) is 4.43. The summed E-state index contributed by atoms with van der Waals surface area (Å²) in [6, 6.07) is 0.692. The fraction of sp³-hybridized carbons (Fsp3) is 0.857. The summed E-state index contributed by atoms with van der Waals surface area (Å²) in [5.41, 5.74) is 0.946. The van der Waals surface area contributed by atoms with Crippen LogP contribution in [0.1, 0.15) is 40.0 Å². The van der Waals surface area contributed by atoms with Crippen molar-refractivity contribution < 1.29 is 0 Å². The molecule has 2 atom stereocenters. The average Bonchev–Trinajstić information content (AvgIpc) is 2.68. The number of hydrogen-bond donors (Lipinski definition) is 0. The van der Waals surface area contributed by atoms with E-state index in [2.05, 4.69) is 30.8 Å². The summed E-state index contributed by atoms with van der Waals surface area (Å²) in [6.07, 6.45) is 5.76. The van der Waals surface area contributed by atoms with E-state index >= 15 is 0 Å². The van der Waals surface area contributed by atoms with Crippen LogP contribution >= 0.6 is 12.2 Å². The molecule has 2 aliphatic rings. The maximum atomic E-state index is 5.39. The van der Waals surface area contributed by atoms with Gasteiger partial charge in [0, 0.05) is 19.6 Å². The van der Waals surface area contributed by atoms with Crippen LogP contribution in [0, 0.1) is 15.6 Å². The molecule has 1 aromatic heterocycles. The monoisotopic (exact) mass is 280 g/mol. The van der Waals surface area contributed by atoms with Crippen LogP contribution in [0.4, 0.5) is 0 Å². The smallest absolute Gasteiger partial charge is 0.198 e. The Balaban J connectivity index is 1.81. The Bertz CT molecular complexity index is 544. The molecule has 3 rings (SSSR count). The number of hydrogen-bond acceptors (Lipinski definition) is 3. The predicted molar refractivity (Wildman–Crippen MR) is 78.3 cm³/mol. The Kier molecular flexibility index (Phi) is 2.91. The third-order valence-electron chi connectivity index (χ3n) is 4.73. The maximum absolute atomic E-state index is 5.39. The molecule has 1 saturated heterocycles. The van der Waals surface area contributed by atoms with Gasteiger partial charge in [-0.3, -0.25) is 4.90 Å². The van der Waals surface area contributed by atoms with E-state index in [-0.39, 0.29) is 0 Å². The number of likely N-dealkylation sites (tertiary alicyclic amines) is 1. The summed E-state index contributed by atoms with van der Waals surface area (Å²) in [5.74, 6) is 0. The van der Waals surface area contributed by atoms with E-state index in [9.17, 15) is 0 Å². The van der Waals surface area contributed by atoms with Crippen molar-refractivity contribution in [1.82, 2.24) is 19.2 Å². The van der Waals surface area contributed by atoms with Crippen LogP contribution in [0.5, 0.6) is 0 Å². The molecular weight excluding hydrogens is 256 g/mol. The van der Waals surface area contributed by atoms with Crippen molar-refractivity contribution in [3.8, 4) is 0 Å². The van der Waals surface area contributed by atoms with E-state index in [0.717, 1.165) is 11.4 Å². The van der Waals surface area contributed by atoms with Gasteiger partial charge in [0.2, 0.25) is 0 Å². The van der Waals surface area contributed by atoms with Crippen LogP contribution in [0.15, 0.2) is 6.33 Å². The topological polar surface area (TPSA) is 26.0 Å². The van der Waals surface area contributed by atoms with E-state index < -0.39 is 0 Å². The summed E-state index contributed by atoms with van der Waals surface area (Å²) in [7, 11) is 1.96. The van der Waals surface area contributed by atoms with Crippen LogP contribution < -0.4 is 0 Å². The molecule has 1 saturated carbocycles. The zero-order valence-corrected chi connectivity index (χ0v) is 13.2. The SMILES string of the molecule is Cn1cnn(CN2C[C@@]3(C)C[C@@H]2CC(C)(C)C3)c1=S. The maximum Gasteiger partial charge on any atom is 0.198 e. The third-order valence-corrected chi connectivity index (χ3v) is 5.22. The van der Waals surface area contributed by atoms with E-state index in [1.54, 1.807) is 6.33 Å². The lowest BCUT2D eigenvalue weighted by atomic mass is 9.65. The molecule has 2 fully saturated rings. The van der Waals surface area contributed by atoms with E-state index in [1.165, 1.54) is 25.8 Å². The summed E-state index contributed by atoms with van der Waals surface area (Å²) in [5, 5.41) is 4.39. The molecule has 2 bridgehead atoms. The highest BCUT2D eigenvalue weighted by Gasteiger charge is 2.49. The van der Waals surface area contributed by atoms with Gasteiger partial charge in [0.1, 0.15) is 6.33 Å². The second kappa shape index (κ2) is 4.16. The van der Waals surface area contributed by atoms with Crippen LogP contribution in [0.2, 0.25) is 0 Å². The van der Waals surface area contributed by atoms with Gasteiger partial charge in [0.05, 0.1) is 6.67 Å². The largest absolute Gasteiger partial charge is 0.310 e. The van der Waals surface area contributed by atoms with Crippen molar-refractivity contribution >= 4 is 12.2 Å². The Morgan fingerprint density at radius 1 is 1.37 bits per heavy atom. The summed E-state index contributed by atoms with van der Waals surface area (Å²) in [6.45, 7) is 9.29. The molecule has 0 radical (unpaired) electrons. The zero-order chi connectivity index (χ0) is 13.8. The quantitative estimate of drug-likeness (QED) is 0.779. The molecule has 5 heteroatoms. The van der Waals surface area contributed by atoms with Gasteiger partial charge in [-0.1, -0.05) is 20.8 Å². The minimum absolute atomic E-state index is 0.470. The van der Waals surface area contributed by atoms with Gasteiger partial charge in [-0.25, -0.2) is 4.68 Å². The van der Waals surface area contributed by atoms with Crippen LogP contribution in [-0.2, 0) is 13.7 Å². The summed E-state index contributed by atoms with van der Waals surface area (Å²) >= 11 is 5.39. The minimum Gasteiger partial charge on any atom is -0.310 e. The Hall–Kier alpha value is -0.680. The molecule has 4 nitrogen and oxygen atoms in total. The Labute approximate surface area is 120 Å². The molecule has 0 aromatic carbocycles. The molecule has 19 heavy (non-hydrogen) atoms. The molecule has 0 unspecified atom stereocenters. The van der Waals surface area contributed by atoms with Gasteiger partial charge in [0.25, 0.3) is 0 Å². The van der Waals surface area contributed by atoms with Crippen molar-refractivity contribution in [2.24, 2.45) is 17.9 Å². The van der Waals surface area contributed by atoms with Crippen molar-refractivity contribution in [3.63, 3.8) is 0 Å². The highest BCUT2D eigenvalue weighted by atomic mass is 32.1. The van der Waals surface area contributed by atoms with Gasteiger partial charge in [-0.05, 0) is 42.3 Å². The number of aryl methyl sites for hydroxylation is 1. The third kappa shape index (κ3) is 2.38. The number of aromatic nitrogens is 3. The molecule has 0 spiro atoms. The highest BCUT2D eigenvalue weighted by Crippen LogP contribution is 2.52. The Morgan fingerprint density at radius 2 is 2.11 bits per heavy atom. The second-order valence-electron chi connectivity index (χ2n) is 7.63. The van der Waals surface area contributed by atoms with Crippen molar-refractivity contribution in [2.75, 3.05) is 6.54 Å². The van der Waals surface area contributed by atoms with Crippen molar-refractivity contribution in [3.05, 3.63) is 11.1 Å². The van der Waals surface area contributed by atoms with E-state index in [1.807, 2.05) is 16.3 Å². The molecular formula is C14H24N4S. The van der Waals surface area contributed by atoms with E-state index in [0.29, 0.717) is 16.9 Å². The summed E-state index contributed by atoms with van der Waals surface area (Å²) in [4.78, 5) is 2.58. The van der Waals surface area contributed by atoms with E-state index in [4.69, 9.17) is 12.2 Å². The number of rotatable bonds is 2.